The maximum absolute atomic E-state index is 13.8. The maximum Gasteiger partial charge on any atom is 0.492 e. The van der Waals surface area contributed by atoms with Crippen LogP contribution in [-0.2, 0) is 10.3 Å². The lowest BCUT2D eigenvalue weighted by Crippen LogP contribution is -2.29. The van der Waals surface area contributed by atoms with Gasteiger partial charge in [0.25, 0.3) is 5.91 Å². The Morgan fingerprint density at radius 3 is 2.62 bits per heavy atom. The van der Waals surface area contributed by atoms with E-state index < -0.39 is 40.8 Å². The van der Waals surface area contributed by atoms with Crippen LogP contribution in [0.1, 0.15) is 29.8 Å². The van der Waals surface area contributed by atoms with Gasteiger partial charge in [0.05, 0.1) is 16.2 Å². The zero-order valence-corrected chi connectivity index (χ0v) is 13.6. The molecule has 0 aliphatic carbocycles. The first-order valence-corrected chi connectivity index (χ1v) is 7.53. The second-order valence-corrected chi connectivity index (χ2v) is 6.33. The molecule has 2 aromatic rings. The lowest BCUT2D eigenvalue weighted by Gasteiger charge is -2.19. The molecule has 0 saturated heterocycles. The van der Waals surface area contributed by atoms with Gasteiger partial charge in [-0.05, 0) is 49.1 Å². The molecular formula is C16H13BClF2NO3. The first-order valence-electron chi connectivity index (χ1n) is 7.16. The molecule has 0 radical (unpaired) electrons. The van der Waals surface area contributed by atoms with Gasteiger partial charge in [-0.15, -0.1) is 0 Å². The molecule has 3 rings (SSSR count). The SMILES string of the molecule is CC1(C)OB(O)c2cc(NC(=O)c3c(F)ccc(F)c3Cl)ccc21. The van der Waals surface area contributed by atoms with Crippen molar-refractivity contribution >= 4 is 35.8 Å². The minimum Gasteiger partial charge on any atom is -0.423 e. The number of halogens is 3. The molecule has 2 aromatic carbocycles. The van der Waals surface area contributed by atoms with Crippen LogP contribution in [0, 0.1) is 11.6 Å². The molecule has 0 atom stereocenters. The Morgan fingerprint density at radius 1 is 1.25 bits per heavy atom. The van der Waals surface area contributed by atoms with Gasteiger partial charge in [0.2, 0.25) is 0 Å². The normalized spacial score (nSPS) is 15.3. The summed E-state index contributed by atoms with van der Waals surface area (Å²) in [5, 5.41) is 11.8. The Hall–Kier alpha value is -1.96. The van der Waals surface area contributed by atoms with E-state index >= 15 is 0 Å². The lowest BCUT2D eigenvalue weighted by molar-refractivity contribution is 0.100. The highest BCUT2D eigenvalue weighted by molar-refractivity contribution is 6.62. The zero-order valence-electron chi connectivity index (χ0n) is 12.9. The van der Waals surface area contributed by atoms with Crippen LogP contribution in [0.5, 0.6) is 0 Å². The molecule has 0 saturated carbocycles. The highest BCUT2D eigenvalue weighted by Gasteiger charge is 2.40. The molecular weight excluding hydrogens is 338 g/mol. The molecule has 0 aromatic heterocycles. The van der Waals surface area contributed by atoms with Gasteiger partial charge in [0.1, 0.15) is 11.6 Å². The Morgan fingerprint density at radius 2 is 1.92 bits per heavy atom. The van der Waals surface area contributed by atoms with Gasteiger partial charge < -0.3 is 15.0 Å². The third-order valence-corrected chi connectivity index (χ3v) is 4.27. The van der Waals surface area contributed by atoms with Crippen molar-refractivity contribution in [3.05, 3.63) is 58.1 Å². The maximum atomic E-state index is 13.8. The smallest absolute Gasteiger partial charge is 0.423 e. The fraction of sp³-hybridized carbons (Fsp3) is 0.188. The number of hydrogen-bond donors (Lipinski definition) is 2. The number of carbonyl (C=O) groups excluding carboxylic acids is 1. The topological polar surface area (TPSA) is 58.6 Å². The van der Waals surface area contributed by atoms with Gasteiger partial charge in [0, 0.05) is 5.69 Å². The average Bonchev–Trinajstić information content (AvgIpc) is 2.73. The Labute approximate surface area is 142 Å². The summed E-state index contributed by atoms with van der Waals surface area (Å²) in [6.07, 6.45) is 0. The molecule has 0 fully saturated rings. The molecule has 4 nitrogen and oxygen atoms in total. The predicted octanol–water partition coefficient (Wildman–Crippen LogP) is 2.82. The molecule has 0 spiro atoms. The minimum atomic E-state index is -1.12. The highest BCUT2D eigenvalue weighted by Crippen LogP contribution is 2.31. The van der Waals surface area contributed by atoms with Gasteiger partial charge in [-0.1, -0.05) is 17.7 Å². The minimum absolute atomic E-state index is 0.304. The monoisotopic (exact) mass is 351 g/mol. The van der Waals surface area contributed by atoms with E-state index in [-0.39, 0.29) is 0 Å². The van der Waals surface area contributed by atoms with E-state index in [0.29, 0.717) is 11.2 Å². The second-order valence-electron chi connectivity index (χ2n) is 5.95. The summed E-state index contributed by atoms with van der Waals surface area (Å²) in [5.74, 6) is -2.70. The summed E-state index contributed by atoms with van der Waals surface area (Å²) in [7, 11) is -1.12. The molecule has 1 amide bonds. The standard InChI is InChI=1S/C16H13BClF2NO3/c1-16(2)9-4-3-8(7-10(9)17(23)24-16)21-15(22)13-11(19)5-6-12(20)14(13)18/h3-7,23H,1-2H3,(H,21,22). The van der Waals surface area contributed by atoms with Crippen molar-refractivity contribution < 1.29 is 23.3 Å². The van der Waals surface area contributed by atoms with E-state index in [1.165, 1.54) is 6.07 Å². The molecule has 2 N–H and O–H groups in total. The van der Waals surface area contributed by atoms with Gasteiger partial charge in [-0.3, -0.25) is 4.79 Å². The summed E-state index contributed by atoms with van der Waals surface area (Å²) in [6, 6.07) is 6.49. The molecule has 1 aliphatic heterocycles. The van der Waals surface area contributed by atoms with Crippen LogP contribution >= 0.6 is 11.6 Å². The molecule has 124 valence electrons. The van der Waals surface area contributed by atoms with Crippen LogP contribution in [0.15, 0.2) is 30.3 Å². The third-order valence-electron chi connectivity index (χ3n) is 3.90. The first kappa shape index (κ1) is 16.9. The highest BCUT2D eigenvalue weighted by atomic mass is 35.5. The van der Waals surface area contributed by atoms with E-state index in [0.717, 1.165) is 17.7 Å². The Kier molecular flexibility index (Phi) is 4.11. The van der Waals surface area contributed by atoms with E-state index in [1.807, 2.05) is 13.8 Å². The van der Waals surface area contributed by atoms with Crippen LogP contribution < -0.4 is 10.8 Å². The van der Waals surface area contributed by atoms with Crippen molar-refractivity contribution in [2.75, 3.05) is 5.32 Å². The molecule has 0 unspecified atom stereocenters. The number of nitrogens with one attached hydrogen (secondary N) is 1. The van der Waals surface area contributed by atoms with E-state index in [2.05, 4.69) is 5.32 Å². The number of fused-ring (bicyclic) bond motifs is 1. The number of benzene rings is 2. The number of rotatable bonds is 2. The average molecular weight is 352 g/mol. The summed E-state index contributed by atoms with van der Waals surface area (Å²) < 4.78 is 32.7. The number of anilines is 1. The summed E-state index contributed by atoms with van der Waals surface area (Å²) in [5.41, 5.74) is 0.356. The fourth-order valence-corrected chi connectivity index (χ4v) is 2.97. The van der Waals surface area contributed by atoms with Crippen molar-refractivity contribution in [1.82, 2.24) is 0 Å². The Balaban J connectivity index is 1.92. The van der Waals surface area contributed by atoms with Crippen molar-refractivity contribution in [3.63, 3.8) is 0 Å². The van der Waals surface area contributed by atoms with Crippen molar-refractivity contribution in [1.29, 1.82) is 0 Å². The van der Waals surface area contributed by atoms with E-state index in [1.54, 1.807) is 12.1 Å². The fourth-order valence-electron chi connectivity index (χ4n) is 2.73. The van der Waals surface area contributed by atoms with Gasteiger partial charge in [-0.25, -0.2) is 8.78 Å². The van der Waals surface area contributed by atoms with Crippen LogP contribution in [0.3, 0.4) is 0 Å². The van der Waals surface area contributed by atoms with Crippen LogP contribution in [0.25, 0.3) is 0 Å². The number of amides is 1. The van der Waals surface area contributed by atoms with E-state index in [4.69, 9.17) is 16.3 Å². The number of hydrogen-bond acceptors (Lipinski definition) is 3. The van der Waals surface area contributed by atoms with Gasteiger partial charge >= 0.3 is 7.12 Å². The van der Waals surface area contributed by atoms with Crippen molar-refractivity contribution in [2.24, 2.45) is 0 Å². The predicted molar refractivity (Wildman–Crippen MR) is 87.5 cm³/mol. The Bertz CT molecular complexity index is 844. The van der Waals surface area contributed by atoms with Gasteiger partial charge in [-0.2, -0.15) is 0 Å². The van der Waals surface area contributed by atoms with Gasteiger partial charge in [0.15, 0.2) is 0 Å². The zero-order chi connectivity index (χ0) is 17.6. The number of carbonyl (C=O) groups is 1. The molecule has 0 bridgehead atoms. The summed E-state index contributed by atoms with van der Waals surface area (Å²) in [4.78, 5) is 12.2. The van der Waals surface area contributed by atoms with E-state index in [9.17, 15) is 18.6 Å². The molecule has 1 heterocycles. The van der Waals surface area contributed by atoms with Crippen LogP contribution in [0.4, 0.5) is 14.5 Å². The van der Waals surface area contributed by atoms with Crippen LogP contribution in [-0.4, -0.2) is 18.0 Å². The second kappa shape index (κ2) is 5.84. The quantitative estimate of drug-likeness (QED) is 0.646. The molecule has 8 heteroatoms. The van der Waals surface area contributed by atoms with Crippen molar-refractivity contribution in [2.45, 2.75) is 19.4 Å². The van der Waals surface area contributed by atoms with Crippen LogP contribution in [0.2, 0.25) is 5.02 Å². The molecule has 1 aliphatic rings. The first-order chi connectivity index (χ1) is 11.2. The van der Waals surface area contributed by atoms with Crippen molar-refractivity contribution in [3.8, 4) is 0 Å². The lowest BCUT2D eigenvalue weighted by atomic mass is 9.78. The third kappa shape index (κ3) is 2.79. The summed E-state index contributed by atoms with van der Waals surface area (Å²) in [6.45, 7) is 3.62. The molecule has 24 heavy (non-hydrogen) atoms. The largest absolute Gasteiger partial charge is 0.492 e. The summed E-state index contributed by atoms with van der Waals surface area (Å²) >= 11 is 5.68.